The number of aromatic nitrogens is 2. The summed E-state index contributed by atoms with van der Waals surface area (Å²) in [6.45, 7) is 0.540. The fourth-order valence-electron chi connectivity index (χ4n) is 2.17. The molecule has 0 aliphatic carbocycles. The Labute approximate surface area is 139 Å². The molecule has 2 heterocycles. The quantitative estimate of drug-likeness (QED) is 0.735. The molecule has 24 heavy (non-hydrogen) atoms. The van der Waals surface area contributed by atoms with Crippen molar-refractivity contribution in [1.29, 1.82) is 5.26 Å². The number of ether oxygens (including phenoxy) is 1. The van der Waals surface area contributed by atoms with E-state index in [2.05, 4.69) is 9.97 Å². The molecular weight excluding hydrogens is 330 g/mol. The monoisotopic (exact) mass is 341 g/mol. The number of nitrogens with zero attached hydrogens (tertiary/aromatic N) is 2. The maximum atomic E-state index is 12.1. The molecule has 0 bridgehead atoms. The average molecular weight is 341 g/mol. The van der Waals surface area contributed by atoms with Crippen molar-refractivity contribution < 1.29 is 14.6 Å². The van der Waals surface area contributed by atoms with Gasteiger partial charge in [-0.2, -0.15) is 5.26 Å². The second-order valence-corrected chi connectivity index (χ2v) is 5.82. The zero-order valence-corrected chi connectivity index (χ0v) is 13.1. The molecule has 3 rings (SSSR count). The summed E-state index contributed by atoms with van der Waals surface area (Å²) in [4.78, 5) is 29.5. The van der Waals surface area contributed by atoms with Gasteiger partial charge >= 0.3 is 5.97 Å². The van der Waals surface area contributed by atoms with E-state index in [1.54, 1.807) is 29.6 Å². The minimum Gasteiger partial charge on any atom is -0.475 e. The topological polar surface area (TPSA) is 116 Å². The van der Waals surface area contributed by atoms with E-state index < -0.39 is 11.5 Å². The summed E-state index contributed by atoms with van der Waals surface area (Å²) in [5.41, 5.74) is 1.66. The van der Waals surface area contributed by atoms with Gasteiger partial charge in [0.15, 0.2) is 0 Å². The number of aromatic amines is 1. The summed E-state index contributed by atoms with van der Waals surface area (Å²) in [6, 6.07) is 9.07. The van der Waals surface area contributed by atoms with Crippen LogP contribution in [0.2, 0.25) is 0 Å². The Kier molecular flexibility index (Phi) is 4.37. The van der Waals surface area contributed by atoms with E-state index in [1.807, 2.05) is 6.07 Å². The normalized spacial score (nSPS) is 10.6. The molecule has 120 valence electrons. The molecule has 0 radical (unpaired) electrons. The van der Waals surface area contributed by atoms with Gasteiger partial charge in [-0.15, -0.1) is 11.3 Å². The van der Waals surface area contributed by atoms with Crippen molar-refractivity contribution in [2.45, 2.75) is 13.2 Å². The first-order valence-electron chi connectivity index (χ1n) is 6.89. The maximum absolute atomic E-state index is 12.1. The predicted molar refractivity (Wildman–Crippen MR) is 86.8 cm³/mol. The molecule has 0 saturated heterocycles. The fraction of sp³-hybridized carbons (Fsp3) is 0.125. The molecule has 0 aliphatic rings. The number of hydrogen-bond donors (Lipinski definition) is 2. The number of carboxylic acids is 1. The van der Waals surface area contributed by atoms with Gasteiger partial charge in [-0.05, 0) is 23.1 Å². The number of benzene rings is 1. The lowest BCUT2D eigenvalue weighted by Crippen LogP contribution is -2.15. The van der Waals surface area contributed by atoms with E-state index >= 15 is 0 Å². The molecule has 0 aliphatic heterocycles. The van der Waals surface area contributed by atoms with E-state index in [4.69, 9.17) is 15.1 Å². The molecule has 7 nitrogen and oxygen atoms in total. The summed E-state index contributed by atoms with van der Waals surface area (Å²) >= 11 is 1.20. The third-order valence-electron chi connectivity index (χ3n) is 3.33. The van der Waals surface area contributed by atoms with E-state index in [0.717, 1.165) is 5.56 Å². The minimum absolute atomic E-state index is 0.206. The van der Waals surface area contributed by atoms with Crippen molar-refractivity contribution in [3.8, 4) is 6.07 Å². The van der Waals surface area contributed by atoms with E-state index in [0.29, 0.717) is 28.0 Å². The Hall–Kier alpha value is -3.02. The van der Waals surface area contributed by atoms with Crippen LogP contribution in [-0.4, -0.2) is 21.0 Å². The van der Waals surface area contributed by atoms with Crippen molar-refractivity contribution in [2.24, 2.45) is 0 Å². The van der Waals surface area contributed by atoms with Gasteiger partial charge in [-0.25, -0.2) is 9.78 Å². The Balaban J connectivity index is 1.75. The lowest BCUT2D eigenvalue weighted by atomic mass is 10.1. The van der Waals surface area contributed by atoms with Gasteiger partial charge in [0, 0.05) is 5.56 Å². The number of hydrogen-bond acceptors (Lipinski definition) is 6. The zero-order valence-electron chi connectivity index (χ0n) is 12.3. The van der Waals surface area contributed by atoms with Crippen LogP contribution in [0.4, 0.5) is 0 Å². The minimum atomic E-state index is -1.28. The number of thiophene rings is 1. The molecule has 0 unspecified atom stereocenters. The molecule has 8 heteroatoms. The summed E-state index contributed by atoms with van der Waals surface area (Å²) < 4.78 is 5.61. The number of nitrogens with one attached hydrogen (secondary N) is 1. The van der Waals surface area contributed by atoms with Gasteiger partial charge in [0.1, 0.15) is 4.83 Å². The second-order valence-electron chi connectivity index (χ2n) is 4.96. The third-order valence-corrected chi connectivity index (χ3v) is 4.25. The van der Waals surface area contributed by atoms with E-state index in [9.17, 15) is 9.59 Å². The van der Waals surface area contributed by atoms with Gasteiger partial charge in [-0.3, -0.25) is 4.79 Å². The van der Waals surface area contributed by atoms with Crippen molar-refractivity contribution in [3.63, 3.8) is 0 Å². The van der Waals surface area contributed by atoms with Gasteiger partial charge in [0.25, 0.3) is 5.56 Å². The Morgan fingerprint density at radius 2 is 2.08 bits per heavy atom. The molecule has 1 aromatic carbocycles. The van der Waals surface area contributed by atoms with Gasteiger partial charge < -0.3 is 14.8 Å². The van der Waals surface area contributed by atoms with Crippen LogP contribution in [0.1, 0.15) is 27.3 Å². The van der Waals surface area contributed by atoms with Crippen LogP contribution in [0.25, 0.3) is 10.2 Å². The third kappa shape index (κ3) is 3.17. The molecule has 2 aromatic heterocycles. The second kappa shape index (κ2) is 6.62. The molecule has 0 saturated carbocycles. The highest BCUT2D eigenvalue weighted by molar-refractivity contribution is 7.16. The first kappa shape index (κ1) is 15.9. The largest absolute Gasteiger partial charge is 0.475 e. The van der Waals surface area contributed by atoms with Crippen LogP contribution in [-0.2, 0) is 18.0 Å². The number of aromatic carboxylic acids is 1. The predicted octanol–water partition coefficient (Wildman–Crippen LogP) is 2.27. The van der Waals surface area contributed by atoms with Crippen LogP contribution in [0.3, 0.4) is 0 Å². The average Bonchev–Trinajstić information content (AvgIpc) is 2.99. The summed E-state index contributed by atoms with van der Waals surface area (Å²) in [6.07, 6.45) is 0. The number of carboxylic acid groups (broad SMARTS) is 1. The molecular formula is C16H11N3O4S. The number of fused-ring (bicyclic) bond motifs is 1. The first-order valence-corrected chi connectivity index (χ1v) is 7.77. The smallest absolute Gasteiger partial charge is 0.372 e. The highest BCUT2D eigenvalue weighted by Gasteiger charge is 2.14. The lowest BCUT2D eigenvalue weighted by Gasteiger charge is -2.04. The van der Waals surface area contributed by atoms with Gasteiger partial charge in [0.2, 0.25) is 5.82 Å². The summed E-state index contributed by atoms with van der Waals surface area (Å²) in [5, 5.41) is 19.7. The van der Waals surface area contributed by atoms with Crippen LogP contribution < -0.4 is 5.56 Å². The fourth-order valence-corrected chi connectivity index (χ4v) is 3.09. The van der Waals surface area contributed by atoms with Crippen LogP contribution >= 0.6 is 11.3 Å². The van der Waals surface area contributed by atoms with E-state index in [1.165, 1.54) is 11.3 Å². The Bertz CT molecular complexity index is 999. The molecule has 2 N–H and O–H groups in total. The Morgan fingerprint density at radius 1 is 1.33 bits per heavy atom. The molecule has 0 atom stereocenters. The molecule has 0 amide bonds. The number of nitriles is 1. The maximum Gasteiger partial charge on any atom is 0.372 e. The van der Waals surface area contributed by atoms with Crippen LogP contribution in [0, 0.1) is 11.3 Å². The van der Waals surface area contributed by atoms with Crippen molar-refractivity contribution in [2.75, 3.05) is 0 Å². The van der Waals surface area contributed by atoms with Crippen molar-refractivity contribution >= 4 is 27.5 Å². The van der Waals surface area contributed by atoms with E-state index in [-0.39, 0.29) is 12.4 Å². The van der Waals surface area contributed by atoms with Crippen LogP contribution in [0.15, 0.2) is 34.4 Å². The SMILES string of the molecule is N#Cc1ccc(COCc2csc3nc(C(=O)O)[nH]c(=O)c23)cc1. The van der Waals surface area contributed by atoms with Crippen molar-refractivity contribution in [1.82, 2.24) is 9.97 Å². The van der Waals surface area contributed by atoms with Crippen LogP contribution in [0.5, 0.6) is 0 Å². The lowest BCUT2D eigenvalue weighted by molar-refractivity contribution is 0.0683. The molecule has 0 spiro atoms. The number of carbonyl (C=O) groups is 1. The number of rotatable bonds is 5. The first-order chi connectivity index (χ1) is 11.6. The molecule has 3 aromatic rings. The van der Waals surface area contributed by atoms with Crippen molar-refractivity contribution in [3.05, 3.63) is 62.5 Å². The van der Waals surface area contributed by atoms with Gasteiger partial charge in [-0.1, -0.05) is 12.1 Å². The highest BCUT2D eigenvalue weighted by Crippen LogP contribution is 2.22. The summed E-state index contributed by atoms with van der Waals surface area (Å²) in [5.74, 6) is -1.65. The molecule has 0 fully saturated rings. The standard InChI is InChI=1S/C16H11N3O4S/c17-5-9-1-3-10(4-2-9)6-23-7-11-8-24-15-12(11)14(20)18-13(19-15)16(21)22/h1-4,8H,6-7H2,(H,21,22)(H,18,19,20). The Morgan fingerprint density at radius 3 is 2.75 bits per heavy atom. The summed E-state index contributed by atoms with van der Waals surface area (Å²) in [7, 11) is 0. The zero-order chi connectivity index (χ0) is 17.1. The highest BCUT2D eigenvalue weighted by atomic mass is 32.1. The number of H-pyrrole nitrogens is 1. The van der Waals surface area contributed by atoms with Gasteiger partial charge in [0.05, 0.1) is 30.2 Å².